The number of aliphatic hydroxyl groups excluding tert-OH is 1. The van der Waals surface area contributed by atoms with Crippen molar-refractivity contribution in [1.29, 1.82) is 0 Å². The highest BCUT2D eigenvalue weighted by Gasteiger charge is 2.16. The number of methoxy groups -OCH3 is 1. The number of ether oxygens (including phenoxy) is 1. The smallest absolute Gasteiger partial charge is 0.109 e. The fourth-order valence-corrected chi connectivity index (χ4v) is 1.19. The molecule has 0 amide bonds. The van der Waals surface area contributed by atoms with Gasteiger partial charge in [0.05, 0.1) is 0 Å². The van der Waals surface area contributed by atoms with Gasteiger partial charge in [0.1, 0.15) is 12.2 Å². The molecule has 70 valence electrons. The molecule has 2 atom stereocenters. The summed E-state index contributed by atoms with van der Waals surface area (Å²) in [7, 11) is 1.55. The van der Waals surface area contributed by atoms with E-state index in [1.165, 1.54) is 0 Å². The third-order valence-corrected chi connectivity index (χ3v) is 1.96. The van der Waals surface area contributed by atoms with Gasteiger partial charge >= 0.3 is 0 Å². The summed E-state index contributed by atoms with van der Waals surface area (Å²) in [6.45, 7) is 3.59. The van der Waals surface area contributed by atoms with Gasteiger partial charge in [-0.05, 0) is 5.56 Å². The minimum absolute atomic E-state index is 0.345. The molecule has 1 rings (SSSR count). The molecule has 2 unspecified atom stereocenters. The van der Waals surface area contributed by atoms with Crippen LogP contribution in [0.5, 0.6) is 0 Å². The monoisotopic (exact) mass is 178 g/mol. The lowest BCUT2D eigenvalue weighted by Gasteiger charge is -2.18. The van der Waals surface area contributed by atoms with Crippen LogP contribution in [0.3, 0.4) is 0 Å². The Morgan fingerprint density at radius 3 is 2.46 bits per heavy atom. The van der Waals surface area contributed by atoms with Crippen molar-refractivity contribution < 1.29 is 9.84 Å². The summed E-state index contributed by atoms with van der Waals surface area (Å²) < 4.78 is 5.05. The molecule has 0 saturated carbocycles. The first-order chi connectivity index (χ1) is 6.29. The Morgan fingerprint density at radius 2 is 2.00 bits per heavy atom. The Labute approximate surface area is 78.5 Å². The molecular weight excluding hydrogens is 164 g/mol. The first-order valence-electron chi connectivity index (χ1n) is 4.18. The predicted molar refractivity (Wildman–Crippen MR) is 52.4 cm³/mol. The van der Waals surface area contributed by atoms with E-state index >= 15 is 0 Å². The van der Waals surface area contributed by atoms with E-state index in [1.54, 1.807) is 13.2 Å². The zero-order chi connectivity index (χ0) is 9.68. The van der Waals surface area contributed by atoms with Crippen molar-refractivity contribution in [2.45, 2.75) is 12.2 Å². The molecule has 0 aliphatic carbocycles. The Kier molecular flexibility index (Phi) is 3.68. The Hall–Kier alpha value is -1.12. The Balaban J connectivity index is 2.77. The van der Waals surface area contributed by atoms with E-state index in [1.807, 2.05) is 30.3 Å². The van der Waals surface area contributed by atoms with E-state index in [0.29, 0.717) is 0 Å². The van der Waals surface area contributed by atoms with Crippen LogP contribution < -0.4 is 0 Å². The standard InChI is InChI=1S/C11H14O2/c1-3-10(13-2)11(12)9-7-5-4-6-8-9/h3-8,10-12H,1H2,2H3. The third-order valence-electron chi connectivity index (χ3n) is 1.96. The van der Waals surface area contributed by atoms with Crippen molar-refractivity contribution in [3.8, 4) is 0 Å². The molecular formula is C11H14O2. The van der Waals surface area contributed by atoms with Crippen LogP contribution in [-0.2, 0) is 4.74 Å². The summed E-state index contributed by atoms with van der Waals surface area (Å²) in [5.41, 5.74) is 0.842. The molecule has 0 radical (unpaired) electrons. The molecule has 1 aromatic carbocycles. The Bertz CT molecular complexity index is 256. The van der Waals surface area contributed by atoms with Crippen LogP contribution >= 0.6 is 0 Å². The molecule has 0 saturated heterocycles. The van der Waals surface area contributed by atoms with Crippen LogP contribution in [0.2, 0.25) is 0 Å². The summed E-state index contributed by atoms with van der Waals surface area (Å²) >= 11 is 0. The summed E-state index contributed by atoms with van der Waals surface area (Å²) in [5.74, 6) is 0. The summed E-state index contributed by atoms with van der Waals surface area (Å²) in [6, 6.07) is 9.40. The third kappa shape index (κ3) is 2.41. The van der Waals surface area contributed by atoms with Crippen molar-refractivity contribution in [1.82, 2.24) is 0 Å². The molecule has 0 aromatic heterocycles. The van der Waals surface area contributed by atoms with E-state index in [0.717, 1.165) is 5.56 Å². The van der Waals surface area contributed by atoms with Gasteiger partial charge in [-0.15, -0.1) is 6.58 Å². The van der Waals surface area contributed by atoms with Crippen LogP contribution in [0.25, 0.3) is 0 Å². The van der Waals surface area contributed by atoms with Crippen molar-refractivity contribution in [2.24, 2.45) is 0 Å². The average Bonchev–Trinajstić information content (AvgIpc) is 2.21. The van der Waals surface area contributed by atoms with Gasteiger partial charge in [0.15, 0.2) is 0 Å². The highest BCUT2D eigenvalue weighted by Crippen LogP contribution is 2.18. The zero-order valence-corrected chi connectivity index (χ0v) is 7.68. The van der Waals surface area contributed by atoms with Crippen LogP contribution in [0.1, 0.15) is 11.7 Å². The molecule has 1 N–H and O–H groups in total. The van der Waals surface area contributed by atoms with Gasteiger partial charge in [0.2, 0.25) is 0 Å². The average molecular weight is 178 g/mol. The summed E-state index contributed by atoms with van der Waals surface area (Å²) in [4.78, 5) is 0. The van der Waals surface area contributed by atoms with Crippen molar-refractivity contribution in [3.63, 3.8) is 0 Å². The molecule has 2 heteroatoms. The maximum Gasteiger partial charge on any atom is 0.109 e. The van der Waals surface area contributed by atoms with Crippen molar-refractivity contribution in [3.05, 3.63) is 48.6 Å². The second-order valence-electron chi connectivity index (χ2n) is 2.79. The van der Waals surface area contributed by atoms with Crippen LogP contribution in [0.4, 0.5) is 0 Å². The number of rotatable bonds is 4. The number of benzene rings is 1. The molecule has 0 heterocycles. The van der Waals surface area contributed by atoms with Crippen LogP contribution in [-0.4, -0.2) is 18.3 Å². The zero-order valence-electron chi connectivity index (χ0n) is 7.68. The fraction of sp³-hybridized carbons (Fsp3) is 0.273. The topological polar surface area (TPSA) is 29.5 Å². The lowest BCUT2D eigenvalue weighted by atomic mass is 10.0. The van der Waals surface area contributed by atoms with Gasteiger partial charge in [0.25, 0.3) is 0 Å². The van der Waals surface area contributed by atoms with Crippen molar-refractivity contribution >= 4 is 0 Å². The number of hydrogen-bond donors (Lipinski definition) is 1. The van der Waals surface area contributed by atoms with Gasteiger partial charge in [-0.3, -0.25) is 0 Å². The molecule has 0 fully saturated rings. The quantitative estimate of drug-likeness (QED) is 0.714. The van der Waals surface area contributed by atoms with E-state index in [2.05, 4.69) is 6.58 Å². The molecule has 0 bridgehead atoms. The van der Waals surface area contributed by atoms with E-state index in [9.17, 15) is 5.11 Å². The second kappa shape index (κ2) is 4.80. The van der Waals surface area contributed by atoms with Crippen molar-refractivity contribution in [2.75, 3.05) is 7.11 Å². The van der Waals surface area contributed by atoms with E-state index in [-0.39, 0.29) is 6.10 Å². The predicted octanol–water partition coefficient (Wildman–Crippen LogP) is 1.92. The lowest BCUT2D eigenvalue weighted by Crippen LogP contribution is -2.17. The molecule has 0 aliphatic rings. The molecule has 0 aliphatic heterocycles. The Morgan fingerprint density at radius 1 is 1.38 bits per heavy atom. The van der Waals surface area contributed by atoms with Gasteiger partial charge in [0, 0.05) is 7.11 Å². The maximum absolute atomic E-state index is 9.78. The number of hydrogen-bond acceptors (Lipinski definition) is 2. The highest BCUT2D eigenvalue weighted by atomic mass is 16.5. The molecule has 2 nitrogen and oxygen atoms in total. The largest absolute Gasteiger partial charge is 0.385 e. The molecule has 1 aromatic rings. The number of aliphatic hydroxyl groups is 1. The summed E-state index contributed by atoms with van der Waals surface area (Å²) in [6.07, 6.45) is 0.614. The summed E-state index contributed by atoms with van der Waals surface area (Å²) in [5, 5.41) is 9.78. The molecule has 13 heavy (non-hydrogen) atoms. The first-order valence-corrected chi connectivity index (χ1v) is 4.18. The lowest BCUT2D eigenvalue weighted by molar-refractivity contribution is 0.0163. The van der Waals surface area contributed by atoms with Gasteiger partial charge in [-0.2, -0.15) is 0 Å². The minimum atomic E-state index is -0.635. The normalized spacial score (nSPS) is 14.9. The SMILES string of the molecule is C=CC(OC)C(O)c1ccccc1. The van der Waals surface area contributed by atoms with Crippen LogP contribution in [0.15, 0.2) is 43.0 Å². The van der Waals surface area contributed by atoms with E-state index < -0.39 is 6.10 Å². The highest BCUT2D eigenvalue weighted by molar-refractivity contribution is 5.19. The first kappa shape index (κ1) is 9.96. The fourth-order valence-electron chi connectivity index (χ4n) is 1.19. The van der Waals surface area contributed by atoms with Gasteiger partial charge in [-0.1, -0.05) is 36.4 Å². The minimum Gasteiger partial charge on any atom is -0.385 e. The van der Waals surface area contributed by atoms with E-state index in [4.69, 9.17) is 4.74 Å². The van der Waals surface area contributed by atoms with Gasteiger partial charge < -0.3 is 9.84 Å². The van der Waals surface area contributed by atoms with Gasteiger partial charge in [-0.25, -0.2) is 0 Å². The molecule has 0 spiro atoms. The second-order valence-corrected chi connectivity index (χ2v) is 2.79. The maximum atomic E-state index is 9.78. The van der Waals surface area contributed by atoms with Crippen LogP contribution in [0, 0.1) is 0 Å².